The summed E-state index contributed by atoms with van der Waals surface area (Å²) in [5, 5.41) is 24.0. The molecule has 23 aromatic carbocycles. The molecule has 6 nitrogen and oxygen atoms in total. The summed E-state index contributed by atoms with van der Waals surface area (Å²) in [5.41, 5.74) is 28.0. The summed E-state index contributed by atoms with van der Waals surface area (Å²) in [6.45, 7) is 0. The SMILES string of the molecule is c1ccc(-c2nc3ccc4ccc5cc(-c6cc7ccccc7c7ccccc67)ccc5c4c3o2)cc1.c1ccc(-c2nc3ccc4ccc5cc(-c6ccc7ccccc7c6)ccc5c4c3o2)cc1.c1ccc(-c2nc3ccc4ccc5ccc(-c6cccc(-c7ccc8c(c7)C7(c9ccccc9-c9ccccc97)c7c-8ccc8ccccc78)c6)cc5c4c3o2)cc1. The molecule has 3 heterocycles. The van der Waals surface area contributed by atoms with Crippen LogP contribution >= 0.6 is 0 Å². The average Bonchev–Trinajstić information content (AvgIpc) is 1.50. The molecule has 2 aliphatic carbocycles. The lowest BCUT2D eigenvalue weighted by molar-refractivity contribution is 0.623. The Morgan fingerprint density at radius 2 is 0.516 bits per heavy atom. The highest BCUT2D eigenvalue weighted by Gasteiger charge is 2.52. The van der Waals surface area contributed by atoms with Crippen molar-refractivity contribution in [1.29, 1.82) is 0 Å². The molecule has 1 spiro atoms. The molecule has 2 aliphatic rings. The summed E-state index contributed by atoms with van der Waals surface area (Å²) in [6, 6.07) is 159. The van der Waals surface area contributed by atoms with E-state index in [0.717, 1.165) is 93.3 Å². The van der Waals surface area contributed by atoms with Gasteiger partial charge in [0.25, 0.3) is 0 Å². The van der Waals surface area contributed by atoms with Crippen molar-refractivity contribution in [2.75, 3.05) is 0 Å². The molecule has 594 valence electrons. The lowest BCUT2D eigenvalue weighted by Gasteiger charge is -2.31. The van der Waals surface area contributed by atoms with Crippen molar-refractivity contribution in [3.8, 4) is 101 Å². The first-order valence-corrected chi connectivity index (χ1v) is 43.7. The van der Waals surface area contributed by atoms with Crippen LogP contribution in [0.2, 0.25) is 0 Å². The molecule has 128 heavy (non-hydrogen) atoms. The summed E-state index contributed by atoms with van der Waals surface area (Å²) in [4.78, 5) is 14.5. The Bertz CT molecular complexity index is 9050. The highest BCUT2D eigenvalue weighted by atomic mass is 16.4. The largest absolute Gasteiger partial charge is 0.435 e. The Morgan fingerprint density at radius 3 is 1.10 bits per heavy atom. The van der Waals surface area contributed by atoms with E-state index in [1.165, 1.54) is 153 Å². The fourth-order valence-corrected chi connectivity index (χ4v) is 20.9. The van der Waals surface area contributed by atoms with E-state index in [2.05, 4.69) is 346 Å². The normalized spacial score (nSPS) is 12.4. The van der Waals surface area contributed by atoms with Crippen molar-refractivity contribution in [2.24, 2.45) is 0 Å². The van der Waals surface area contributed by atoms with E-state index >= 15 is 0 Å². The van der Waals surface area contributed by atoms with E-state index in [1.807, 2.05) is 97.1 Å². The van der Waals surface area contributed by atoms with Crippen LogP contribution in [0.4, 0.5) is 0 Å². The van der Waals surface area contributed by atoms with Crippen LogP contribution in [0.5, 0.6) is 0 Å². The van der Waals surface area contributed by atoms with Crippen LogP contribution in [-0.4, -0.2) is 15.0 Å². The summed E-state index contributed by atoms with van der Waals surface area (Å²) in [5.74, 6) is 1.95. The Kier molecular flexibility index (Phi) is 16.5. The maximum Gasteiger partial charge on any atom is 0.227 e. The van der Waals surface area contributed by atoms with E-state index in [4.69, 9.17) is 28.2 Å². The second-order valence-electron chi connectivity index (χ2n) is 33.8. The molecule has 0 fully saturated rings. The highest BCUT2D eigenvalue weighted by Crippen LogP contribution is 2.65. The summed E-state index contributed by atoms with van der Waals surface area (Å²) in [6.07, 6.45) is 0. The lowest BCUT2D eigenvalue weighted by atomic mass is 9.69. The van der Waals surface area contributed by atoms with Crippen LogP contribution in [0.15, 0.2) is 456 Å². The number of hydrogen-bond donors (Lipinski definition) is 0. The first-order valence-electron chi connectivity index (χ1n) is 43.7. The molecule has 0 atom stereocenters. The van der Waals surface area contributed by atoms with Gasteiger partial charge in [-0.25, -0.2) is 15.0 Å². The maximum atomic E-state index is 6.55. The first-order chi connectivity index (χ1) is 63.4. The molecule has 0 saturated heterocycles. The van der Waals surface area contributed by atoms with Gasteiger partial charge in [-0.2, -0.15) is 0 Å². The second-order valence-corrected chi connectivity index (χ2v) is 33.8. The molecule has 0 saturated carbocycles. The molecule has 0 amide bonds. The van der Waals surface area contributed by atoms with Crippen LogP contribution < -0.4 is 0 Å². The van der Waals surface area contributed by atoms with Gasteiger partial charge in [0.05, 0.1) is 5.41 Å². The zero-order valence-corrected chi connectivity index (χ0v) is 69.2. The average molecular weight is 1630 g/mol. The first kappa shape index (κ1) is 72.7. The number of benzene rings is 23. The minimum Gasteiger partial charge on any atom is -0.435 e. The Morgan fingerprint density at radius 1 is 0.164 bits per heavy atom. The number of rotatable bonds is 7. The smallest absolute Gasteiger partial charge is 0.227 e. The third kappa shape index (κ3) is 11.6. The monoisotopic (exact) mass is 1630 g/mol. The van der Waals surface area contributed by atoms with Gasteiger partial charge in [0.1, 0.15) is 16.6 Å². The summed E-state index contributed by atoms with van der Waals surface area (Å²) < 4.78 is 19.3. The fraction of sp³-hybridized carbons (Fsp3) is 0.00820. The van der Waals surface area contributed by atoms with Crippen molar-refractivity contribution < 1.29 is 13.3 Å². The molecule has 6 heteroatoms. The van der Waals surface area contributed by atoms with Crippen molar-refractivity contribution >= 4 is 141 Å². The lowest BCUT2D eigenvalue weighted by Crippen LogP contribution is -2.26. The third-order valence-electron chi connectivity index (χ3n) is 26.8. The van der Waals surface area contributed by atoms with Gasteiger partial charge < -0.3 is 13.3 Å². The van der Waals surface area contributed by atoms with E-state index in [9.17, 15) is 0 Å². The van der Waals surface area contributed by atoms with Crippen LogP contribution in [0.25, 0.3) is 242 Å². The maximum absolute atomic E-state index is 6.55. The zero-order chi connectivity index (χ0) is 84.1. The Hall–Kier alpha value is -16.9. The van der Waals surface area contributed by atoms with Gasteiger partial charge in [-0.15, -0.1) is 0 Å². The van der Waals surface area contributed by atoms with Crippen molar-refractivity contribution in [3.63, 3.8) is 0 Å². The second kappa shape index (κ2) is 29.1. The van der Waals surface area contributed by atoms with E-state index in [0.29, 0.717) is 17.7 Å². The zero-order valence-electron chi connectivity index (χ0n) is 69.2. The Balaban J connectivity index is 0.000000107. The molecule has 0 N–H and O–H groups in total. The molecular formula is C122H73N3O3. The fourth-order valence-electron chi connectivity index (χ4n) is 20.9. The summed E-state index contributed by atoms with van der Waals surface area (Å²) in [7, 11) is 0. The topological polar surface area (TPSA) is 78.1 Å². The molecule has 26 aromatic rings. The quantitative estimate of drug-likeness (QED) is 0.148. The van der Waals surface area contributed by atoms with Gasteiger partial charge in [-0.3, -0.25) is 0 Å². The summed E-state index contributed by atoms with van der Waals surface area (Å²) >= 11 is 0. The molecule has 0 radical (unpaired) electrons. The molecule has 0 aliphatic heterocycles. The van der Waals surface area contributed by atoms with E-state index in [-0.39, 0.29) is 0 Å². The number of hydrogen-bond acceptors (Lipinski definition) is 6. The minimum atomic E-state index is -0.432. The van der Waals surface area contributed by atoms with E-state index < -0.39 is 5.41 Å². The van der Waals surface area contributed by atoms with Crippen LogP contribution in [-0.2, 0) is 5.41 Å². The Labute approximate surface area is 735 Å². The van der Waals surface area contributed by atoms with Gasteiger partial charge in [0, 0.05) is 32.8 Å². The van der Waals surface area contributed by atoms with E-state index in [1.54, 1.807) is 0 Å². The van der Waals surface area contributed by atoms with Gasteiger partial charge >= 0.3 is 0 Å². The van der Waals surface area contributed by atoms with Crippen LogP contribution in [0.1, 0.15) is 22.3 Å². The van der Waals surface area contributed by atoms with Gasteiger partial charge in [-0.05, 0) is 278 Å². The van der Waals surface area contributed by atoms with Gasteiger partial charge in [0.2, 0.25) is 17.7 Å². The molecule has 28 rings (SSSR count). The minimum absolute atomic E-state index is 0.432. The van der Waals surface area contributed by atoms with Crippen LogP contribution in [0, 0.1) is 0 Å². The highest BCUT2D eigenvalue weighted by molar-refractivity contribution is 6.22. The van der Waals surface area contributed by atoms with Gasteiger partial charge in [0.15, 0.2) is 16.7 Å². The molecule has 3 aromatic heterocycles. The number of aromatic nitrogens is 3. The number of oxazole rings is 3. The van der Waals surface area contributed by atoms with Gasteiger partial charge in [-0.1, -0.05) is 346 Å². The predicted octanol–water partition coefficient (Wildman–Crippen LogP) is 33.0. The third-order valence-corrected chi connectivity index (χ3v) is 26.8. The molecule has 0 unspecified atom stereocenters. The number of fused-ring (bicyclic) bond motifs is 31. The van der Waals surface area contributed by atoms with Crippen molar-refractivity contribution in [2.45, 2.75) is 5.41 Å². The van der Waals surface area contributed by atoms with Crippen LogP contribution in [0.3, 0.4) is 0 Å². The van der Waals surface area contributed by atoms with Crippen molar-refractivity contribution in [3.05, 3.63) is 465 Å². The predicted molar refractivity (Wildman–Crippen MR) is 531 cm³/mol. The molecule has 0 bridgehead atoms. The number of nitrogens with zero attached hydrogens (tertiary/aromatic N) is 3. The van der Waals surface area contributed by atoms with Crippen molar-refractivity contribution in [1.82, 2.24) is 15.0 Å². The standard InChI is InChI=1S/C56H33NO.C35H21NO.C31H19NO/c1-2-12-37(13-3-1)55-57-51-30-27-36-23-21-35-22-24-40(32-47(35)52(36)54(51)58-55)38-14-10-15-39(31-38)41-26-28-45-46-29-25-34-11-4-5-16-42(34)53(46)56(50(45)33-41)48-19-8-6-17-43(48)44-18-7-9-20-49(44)56;1-2-8-23(9-3-1)35-36-32-19-17-22-14-15-25-20-26(16-18-28(25)33(22)34(32)37-35)31-21-24-10-4-5-11-27(24)29-12-6-7-13-30(29)31;1-2-7-22(8-3-1)31-32-28-17-15-21-11-13-26-19-25(14-16-27(26)29(21)30(28)33-31)24-12-10-20-6-4-5-9-23(20)18-24/h1-33H;1-21H;1-19H. The molecular weight excluding hydrogens is 1560 g/mol.